The lowest BCUT2D eigenvalue weighted by molar-refractivity contribution is -0.275. The van der Waals surface area contributed by atoms with E-state index < -0.39 is 35.4 Å². The first-order valence-corrected chi connectivity index (χ1v) is 9.88. The highest BCUT2D eigenvalue weighted by Crippen LogP contribution is 2.29. The van der Waals surface area contributed by atoms with Gasteiger partial charge in [0.05, 0.1) is 30.8 Å². The second kappa shape index (κ2) is 9.95. The number of methoxy groups -OCH3 is 2. The van der Waals surface area contributed by atoms with E-state index in [1.807, 2.05) is 0 Å². The van der Waals surface area contributed by atoms with Gasteiger partial charge in [-0.2, -0.15) is 0 Å². The zero-order valence-electron chi connectivity index (χ0n) is 17.0. The summed E-state index contributed by atoms with van der Waals surface area (Å²) in [6.07, 6.45) is -3.65. The third-order valence-electron chi connectivity index (χ3n) is 4.09. The highest BCUT2D eigenvalue weighted by Gasteiger charge is 2.32. The van der Waals surface area contributed by atoms with Crippen LogP contribution in [0, 0.1) is 5.82 Å². The fraction of sp³-hybridized carbons (Fsp3) is 0.263. The fourth-order valence-corrected chi connectivity index (χ4v) is 3.39. The van der Waals surface area contributed by atoms with E-state index in [4.69, 9.17) is 9.47 Å². The van der Waals surface area contributed by atoms with Gasteiger partial charge >= 0.3 is 6.36 Å². The highest BCUT2D eigenvalue weighted by atomic mass is 32.1. The van der Waals surface area contributed by atoms with Gasteiger partial charge in [0.1, 0.15) is 5.69 Å². The molecule has 3 aromatic rings. The Morgan fingerprint density at radius 2 is 2.03 bits per heavy atom. The van der Waals surface area contributed by atoms with Crippen LogP contribution in [-0.2, 0) is 4.74 Å². The average Bonchev–Trinajstić information content (AvgIpc) is 3.23. The number of thiazole rings is 1. The smallest absolute Gasteiger partial charge is 0.473 e. The minimum Gasteiger partial charge on any atom is -0.473 e. The second-order valence-corrected chi connectivity index (χ2v) is 7.39. The largest absolute Gasteiger partial charge is 0.573 e. The molecule has 2 N–H and O–H groups in total. The molecule has 9 nitrogen and oxygen atoms in total. The molecule has 2 heterocycles. The Morgan fingerprint density at radius 1 is 1.27 bits per heavy atom. The third kappa shape index (κ3) is 6.26. The molecular weight excluding hydrogens is 472 g/mol. The summed E-state index contributed by atoms with van der Waals surface area (Å²) in [4.78, 5) is 35.8. The minimum atomic E-state index is -5.06. The van der Waals surface area contributed by atoms with Crippen LogP contribution in [0.3, 0.4) is 0 Å². The van der Waals surface area contributed by atoms with Crippen molar-refractivity contribution in [2.45, 2.75) is 12.4 Å². The number of ether oxygens (including phenoxy) is 3. The SMILES string of the molecule is COC[C@@H](NC(=O)c1cc(=O)[nH]c(-c2cnc(OC)s2)n1)c1ccc(OC(F)(F)F)c(F)c1. The molecule has 3 rings (SSSR count). The van der Waals surface area contributed by atoms with E-state index in [0.29, 0.717) is 10.1 Å². The maximum Gasteiger partial charge on any atom is 0.573 e. The normalized spacial score (nSPS) is 12.3. The summed E-state index contributed by atoms with van der Waals surface area (Å²) in [7, 11) is 2.74. The van der Waals surface area contributed by atoms with Gasteiger partial charge in [-0.05, 0) is 17.7 Å². The van der Waals surface area contributed by atoms with Crippen LogP contribution in [0.1, 0.15) is 22.1 Å². The molecule has 0 saturated carbocycles. The van der Waals surface area contributed by atoms with Crippen LogP contribution in [0.4, 0.5) is 17.6 Å². The molecule has 1 atom stereocenters. The maximum absolute atomic E-state index is 14.1. The molecule has 176 valence electrons. The van der Waals surface area contributed by atoms with Crippen molar-refractivity contribution in [2.75, 3.05) is 20.8 Å². The van der Waals surface area contributed by atoms with Crippen LogP contribution in [0.15, 0.2) is 35.3 Å². The van der Waals surface area contributed by atoms with Gasteiger partial charge < -0.3 is 24.5 Å². The Bertz CT molecular complexity index is 1200. The molecule has 33 heavy (non-hydrogen) atoms. The van der Waals surface area contributed by atoms with Gasteiger partial charge in [-0.15, -0.1) is 13.2 Å². The molecule has 0 spiro atoms. The molecule has 2 aromatic heterocycles. The molecule has 14 heteroatoms. The number of alkyl halides is 3. The molecule has 0 aliphatic heterocycles. The molecule has 1 aromatic carbocycles. The number of H-pyrrole nitrogens is 1. The lowest BCUT2D eigenvalue weighted by Crippen LogP contribution is -2.33. The van der Waals surface area contributed by atoms with Crippen molar-refractivity contribution in [3.05, 3.63) is 57.9 Å². The number of rotatable bonds is 8. The molecule has 0 unspecified atom stereocenters. The number of aromatic nitrogens is 3. The number of halogens is 4. The van der Waals surface area contributed by atoms with E-state index in [0.717, 1.165) is 35.6 Å². The summed E-state index contributed by atoms with van der Waals surface area (Å²) in [5.74, 6) is -3.01. The predicted molar refractivity (Wildman–Crippen MR) is 108 cm³/mol. The summed E-state index contributed by atoms with van der Waals surface area (Å²) in [6, 6.07) is 2.71. The number of benzene rings is 1. The minimum absolute atomic E-state index is 0.0800. The first-order valence-electron chi connectivity index (χ1n) is 9.06. The first kappa shape index (κ1) is 24.1. The van der Waals surface area contributed by atoms with Crippen LogP contribution < -0.4 is 20.3 Å². The van der Waals surface area contributed by atoms with E-state index in [1.165, 1.54) is 20.4 Å². The summed E-state index contributed by atoms with van der Waals surface area (Å²) < 4.78 is 64.8. The van der Waals surface area contributed by atoms with E-state index >= 15 is 0 Å². The van der Waals surface area contributed by atoms with Crippen LogP contribution >= 0.6 is 11.3 Å². The molecule has 1 amide bonds. The fourth-order valence-electron chi connectivity index (χ4n) is 2.71. The number of amides is 1. The Kier molecular flexibility index (Phi) is 7.28. The van der Waals surface area contributed by atoms with Crippen molar-refractivity contribution in [3.8, 4) is 21.6 Å². The van der Waals surface area contributed by atoms with Gasteiger partial charge in [-0.25, -0.2) is 14.4 Å². The first-order chi connectivity index (χ1) is 15.6. The summed E-state index contributed by atoms with van der Waals surface area (Å²) in [6.45, 7) is -0.146. The Balaban J connectivity index is 1.85. The number of hydrogen-bond donors (Lipinski definition) is 2. The molecule has 0 fully saturated rings. The van der Waals surface area contributed by atoms with E-state index in [-0.39, 0.29) is 23.7 Å². The van der Waals surface area contributed by atoms with E-state index in [1.54, 1.807) is 0 Å². The zero-order valence-corrected chi connectivity index (χ0v) is 17.8. The molecular formula is C19H16F4N4O5S. The number of hydrogen-bond acceptors (Lipinski definition) is 8. The number of nitrogens with one attached hydrogen (secondary N) is 2. The van der Waals surface area contributed by atoms with Crippen LogP contribution in [-0.4, -0.2) is 48.0 Å². The molecule has 0 saturated heterocycles. The van der Waals surface area contributed by atoms with Gasteiger partial charge in [0, 0.05) is 13.2 Å². The van der Waals surface area contributed by atoms with Crippen molar-refractivity contribution < 1.29 is 36.6 Å². The number of nitrogens with zero attached hydrogens (tertiary/aromatic N) is 2. The average molecular weight is 488 g/mol. The predicted octanol–water partition coefficient (Wildman–Crippen LogP) is 3.06. The van der Waals surface area contributed by atoms with Crippen molar-refractivity contribution >= 4 is 17.2 Å². The summed E-state index contributed by atoms with van der Waals surface area (Å²) in [5.41, 5.74) is -0.755. The number of carbonyl (C=O) groups excluding carboxylic acids is 1. The zero-order chi connectivity index (χ0) is 24.2. The van der Waals surface area contributed by atoms with Gasteiger partial charge in [0.25, 0.3) is 16.7 Å². The monoisotopic (exact) mass is 488 g/mol. The Hall–Kier alpha value is -3.52. The molecule has 0 bridgehead atoms. The second-order valence-electron chi connectivity index (χ2n) is 6.39. The van der Waals surface area contributed by atoms with Crippen LogP contribution in [0.2, 0.25) is 0 Å². The Morgan fingerprint density at radius 3 is 2.64 bits per heavy atom. The van der Waals surface area contributed by atoms with Gasteiger partial charge in [-0.3, -0.25) is 9.59 Å². The van der Waals surface area contributed by atoms with Gasteiger partial charge in [-0.1, -0.05) is 17.4 Å². The number of carbonyl (C=O) groups is 1. The van der Waals surface area contributed by atoms with Gasteiger partial charge in [0.15, 0.2) is 17.4 Å². The van der Waals surface area contributed by atoms with E-state index in [2.05, 4.69) is 25.0 Å². The lowest BCUT2D eigenvalue weighted by atomic mass is 10.1. The standard InChI is InChI=1S/C19H16F4N4O5S/c1-30-8-12(9-3-4-13(10(20)5-9)32-19(21,22)23)26-17(29)11-6-15(28)27-16(25-11)14-7-24-18(31-2)33-14/h3-7,12H,8H2,1-2H3,(H,26,29)(H,25,27,28)/t12-/m1/s1. The number of aromatic amines is 1. The topological polar surface area (TPSA) is 115 Å². The lowest BCUT2D eigenvalue weighted by Gasteiger charge is -2.19. The Labute approximate surface area is 187 Å². The summed E-state index contributed by atoms with van der Waals surface area (Å²) >= 11 is 1.09. The molecule has 0 aliphatic carbocycles. The third-order valence-corrected chi connectivity index (χ3v) is 5.05. The quantitative estimate of drug-likeness (QED) is 0.469. The molecule has 0 aliphatic rings. The summed E-state index contributed by atoms with van der Waals surface area (Å²) in [5, 5.41) is 2.84. The van der Waals surface area contributed by atoms with Crippen molar-refractivity contribution in [2.24, 2.45) is 0 Å². The molecule has 0 radical (unpaired) electrons. The van der Waals surface area contributed by atoms with E-state index in [9.17, 15) is 27.2 Å². The van der Waals surface area contributed by atoms with Gasteiger partial charge in [0.2, 0.25) is 0 Å². The maximum atomic E-state index is 14.1. The van der Waals surface area contributed by atoms with Crippen molar-refractivity contribution in [1.82, 2.24) is 20.3 Å². The van der Waals surface area contributed by atoms with Crippen molar-refractivity contribution in [1.29, 1.82) is 0 Å². The van der Waals surface area contributed by atoms with Crippen LogP contribution in [0.25, 0.3) is 10.7 Å². The van der Waals surface area contributed by atoms with Crippen LogP contribution in [0.5, 0.6) is 10.9 Å². The van der Waals surface area contributed by atoms with Crippen molar-refractivity contribution in [3.63, 3.8) is 0 Å². The highest BCUT2D eigenvalue weighted by molar-refractivity contribution is 7.16.